The van der Waals surface area contributed by atoms with E-state index in [9.17, 15) is 14.7 Å². The summed E-state index contributed by atoms with van der Waals surface area (Å²) in [4.78, 5) is 32.1. The lowest BCUT2D eigenvalue weighted by Gasteiger charge is -2.23. The van der Waals surface area contributed by atoms with E-state index in [4.69, 9.17) is 0 Å². The van der Waals surface area contributed by atoms with Gasteiger partial charge >= 0.3 is 5.91 Å². The number of benzene rings is 1. The van der Waals surface area contributed by atoms with E-state index in [0.29, 0.717) is 22.9 Å². The standard InChI is InChI=1S/C26H26N4O3/c1-5-17-7-12-20(27-14-17)23-22(24(31)19-10-8-18(9-11-19)15(2)3)25(32)26(33)30(23)21-13-6-16(4)28-29-21/h6-15,23,31H,5H2,1-4H3. The molecule has 2 aromatic heterocycles. The zero-order valence-corrected chi connectivity index (χ0v) is 19.1. The zero-order chi connectivity index (χ0) is 23.7. The lowest BCUT2D eigenvalue weighted by molar-refractivity contribution is -0.132. The van der Waals surface area contributed by atoms with Gasteiger partial charge in [0.1, 0.15) is 11.8 Å². The third-order valence-corrected chi connectivity index (χ3v) is 5.86. The largest absolute Gasteiger partial charge is 0.507 e. The van der Waals surface area contributed by atoms with Gasteiger partial charge in [-0.3, -0.25) is 19.5 Å². The van der Waals surface area contributed by atoms with Crippen molar-refractivity contribution < 1.29 is 14.7 Å². The van der Waals surface area contributed by atoms with Gasteiger partial charge in [0, 0.05) is 11.8 Å². The van der Waals surface area contributed by atoms with Crippen LogP contribution in [-0.4, -0.2) is 32.0 Å². The fourth-order valence-corrected chi connectivity index (χ4v) is 3.86. The number of Topliss-reactive ketones (excluding diaryl/α,β-unsaturated/α-hetero) is 1. The lowest BCUT2D eigenvalue weighted by Crippen LogP contribution is -2.31. The molecule has 1 N–H and O–H groups in total. The van der Waals surface area contributed by atoms with Gasteiger partial charge in [-0.1, -0.05) is 51.1 Å². The quantitative estimate of drug-likeness (QED) is 0.355. The maximum Gasteiger partial charge on any atom is 0.301 e. The SMILES string of the molecule is CCc1ccc(C2C(=C(O)c3ccc(C(C)C)cc3)C(=O)C(=O)N2c2ccc(C)nn2)nc1. The highest BCUT2D eigenvalue weighted by Gasteiger charge is 2.48. The van der Waals surface area contributed by atoms with Crippen molar-refractivity contribution in [1.29, 1.82) is 0 Å². The van der Waals surface area contributed by atoms with Crippen LogP contribution < -0.4 is 4.90 Å². The number of pyridine rings is 1. The van der Waals surface area contributed by atoms with Crippen LogP contribution in [0.5, 0.6) is 0 Å². The highest BCUT2D eigenvalue weighted by atomic mass is 16.3. The Bertz CT molecular complexity index is 1210. The van der Waals surface area contributed by atoms with Crippen LogP contribution in [0, 0.1) is 6.92 Å². The zero-order valence-electron chi connectivity index (χ0n) is 19.1. The van der Waals surface area contributed by atoms with Crippen molar-refractivity contribution >= 4 is 23.3 Å². The van der Waals surface area contributed by atoms with Crippen LogP contribution in [0.1, 0.15) is 60.8 Å². The fourth-order valence-electron chi connectivity index (χ4n) is 3.86. The second-order valence-corrected chi connectivity index (χ2v) is 8.42. The normalized spacial score (nSPS) is 17.7. The maximum atomic E-state index is 13.2. The molecule has 0 aliphatic carbocycles. The number of hydrogen-bond acceptors (Lipinski definition) is 6. The van der Waals surface area contributed by atoms with E-state index in [2.05, 4.69) is 29.0 Å². The summed E-state index contributed by atoms with van der Waals surface area (Å²) in [6, 6.07) is 13.4. The first-order valence-electron chi connectivity index (χ1n) is 11.0. The highest BCUT2D eigenvalue weighted by molar-refractivity contribution is 6.51. The summed E-state index contributed by atoms with van der Waals surface area (Å²) in [7, 11) is 0. The third-order valence-electron chi connectivity index (χ3n) is 5.86. The minimum atomic E-state index is -0.919. The number of aliphatic hydroxyl groups excluding tert-OH is 1. The Hall–Kier alpha value is -3.87. The van der Waals surface area contributed by atoms with Crippen LogP contribution in [0.15, 0.2) is 60.3 Å². The molecular weight excluding hydrogens is 416 g/mol. The number of aliphatic hydroxyl groups is 1. The number of nitrogens with zero attached hydrogens (tertiary/aromatic N) is 4. The van der Waals surface area contributed by atoms with Gasteiger partial charge in [0.15, 0.2) is 5.82 Å². The molecule has 1 aromatic carbocycles. The number of carbonyl (C=O) groups is 2. The summed E-state index contributed by atoms with van der Waals surface area (Å²) in [5.41, 5.74) is 3.72. The predicted molar refractivity (Wildman–Crippen MR) is 126 cm³/mol. The average molecular weight is 443 g/mol. The topological polar surface area (TPSA) is 96.3 Å². The third kappa shape index (κ3) is 4.14. The molecule has 1 aliphatic rings. The average Bonchev–Trinajstić information content (AvgIpc) is 3.09. The van der Waals surface area contributed by atoms with E-state index in [1.165, 1.54) is 4.90 Å². The molecule has 0 spiro atoms. The van der Waals surface area contributed by atoms with Gasteiger partial charge in [0.25, 0.3) is 5.78 Å². The number of anilines is 1. The Balaban J connectivity index is 1.89. The first-order chi connectivity index (χ1) is 15.8. The molecule has 3 heterocycles. The minimum Gasteiger partial charge on any atom is -0.507 e. The summed E-state index contributed by atoms with van der Waals surface area (Å²) < 4.78 is 0. The van der Waals surface area contributed by atoms with Gasteiger partial charge < -0.3 is 5.11 Å². The van der Waals surface area contributed by atoms with Crippen molar-refractivity contribution in [3.8, 4) is 0 Å². The Kier molecular flexibility index (Phi) is 6.05. The van der Waals surface area contributed by atoms with Crippen molar-refractivity contribution in [3.63, 3.8) is 0 Å². The Labute approximate surface area is 192 Å². The molecule has 0 bridgehead atoms. The van der Waals surface area contributed by atoms with Crippen LogP contribution in [0.3, 0.4) is 0 Å². The molecule has 1 atom stereocenters. The minimum absolute atomic E-state index is 0.0172. The molecule has 7 nitrogen and oxygen atoms in total. The summed E-state index contributed by atoms with van der Waals surface area (Å²) in [5, 5.41) is 19.4. The summed E-state index contributed by atoms with van der Waals surface area (Å²) in [5.74, 6) is -1.25. The van der Waals surface area contributed by atoms with E-state index in [1.807, 2.05) is 25.1 Å². The van der Waals surface area contributed by atoms with E-state index in [-0.39, 0.29) is 17.2 Å². The highest BCUT2D eigenvalue weighted by Crippen LogP contribution is 2.40. The first-order valence-corrected chi connectivity index (χ1v) is 11.0. The smallest absolute Gasteiger partial charge is 0.301 e. The molecule has 33 heavy (non-hydrogen) atoms. The monoisotopic (exact) mass is 442 g/mol. The molecule has 168 valence electrons. The molecule has 1 saturated heterocycles. The molecule has 0 saturated carbocycles. The summed E-state index contributed by atoms with van der Waals surface area (Å²) in [6.45, 7) is 7.96. The molecular formula is C26H26N4O3. The molecule has 3 aromatic rings. The van der Waals surface area contributed by atoms with Gasteiger partial charge in [0.2, 0.25) is 0 Å². The van der Waals surface area contributed by atoms with Crippen LogP contribution in [0.2, 0.25) is 0 Å². The second kappa shape index (κ2) is 8.94. The Morgan fingerprint density at radius 1 is 1.03 bits per heavy atom. The van der Waals surface area contributed by atoms with Gasteiger partial charge in [0.05, 0.1) is 17.0 Å². The number of ketones is 1. The summed E-state index contributed by atoms with van der Waals surface area (Å²) >= 11 is 0. The molecule has 1 unspecified atom stereocenters. The van der Waals surface area contributed by atoms with Crippen molar-refractivity contribution in [2.75, 3.05) is 4.90 Å². The van der Waals surface area contributed by atoms with Crippen molar-refractivity contribution in [1.82, 2.24) is 15.2 Å². The number of carbonyl (C=O) groups excluding carboxylic acids is 2. The van der Waals surface area contributed by atoms with Crippen LogP contribution >= 0.6 is 0 Å². The first kappa shape index (κ1) is 22.3. The van der Waals surface area contributed by atoms with Gasteiger partial charge in [-0.25, -0.2) is 0 Å². The van der Waals surface area contributed by atoms with Crippen LogP contribution in [0.25, 0.3) is 5.76 Å². The van der Waals surface area contributed by atoms with Gasteiger partial charge in [-0.15, -0.1) is 5.10 Å². The van der Waals surface area contributed by atoms with Gasteiger partial charge in [-0.05, 0) is 48.6 Å². The van der Waals surface area contributed by atoms with E-state index < -0.39 is 17.7 Å². The molecule has 1 aliphatic heterocycles. The number of aryl methyl sites for hydroxylation is 2. The fraction of sp³-hybridized carbons (Fsp3) is 0.269. The van der Waals surface area contributed by atoms with Gasteiger partial charge in [-0.2, -0.15) is 5.10 Å². The number of rotatable bonds is 5. The predicted octanol–water partition coefficient (Wildman–Crippen LogP) is 4.49. The van der Waals surface area contributed by atoms with E-state index in [1.54, 1.807) is 43.5 Å². The van der Waals surface area contributed by atoms with E-state index >= 15 is 0 Å². The van der Waals surface area contributed by atoms with Crippen molar-refractivity contribution in [2.45, 2.75) is 46.1 Å². The van der Waals surface area contributed by atoms with Crippen molar-refractivity contribution in [2.24, 2.45) is 0 Å². The molecule has 4 rings (SSSR count). The number of hydrogen-bond donors (Lipinski definition) is 1. The second-order valence-electron chi connectivity index (χ2n) is 8.42. The Morgan fingerprint density at radius 3 is 2.30 bits per heavy atom. The molecule has 1 fully saturated rings. The number of amides is 1. The lowest BCUT2D eigenvalue weighted by atomic mass is 9.96. The van der Waals surface area contributed by atoms with Crippen LogP contribution in [-0.2, 0) is 16.0 Å². The summed E-state index contributed by atoms with van der Waals surface area (Å²) in [6.07, 6.45) is 2.52. The van der Waals surface area contributed by atoms with E-state index in [0.717, 1.165) is 17.5 Å². The molecule has 7 heteroatoms. The Morgan fingerprint density at radius 2 is 1.76 bits per heavy atom. The molecule has 0 radical (unpaired) electrons. The number of aromatic nitrogens is 3. The van der Waals surface area contributed by atoms with Crippen molar-refractivity contribution in [3.05, 3.63) is 88.4 Å². The maximum absolute atomic E-state index is 13.2. The van der Waals surface area contributed by atoms with Crippen LogP contribution in [0.4, 0.5) is 5.82 Å². The molecule has 1 amide bonds.